The van der Waals surface area contributed by atoms with Gasteiger partial charge in [-0.05, 0) is 77.4 Å². The van der Waals surface area contributed by atoms with Crippen LogP contribution in [0.2, 0.25) is 0 Å². The van der Waals surface area contributed by atoms with Crippen LogP contribution in [0.1, 0.15) is 198 Å². The summed E-state index contributed by atoms with van der Waals surface area (Å²) >= 11 is 0. The van der Waals surface area contributed by atoms with E-state index in [2.05, 4.69) is 10.7 Å². The Labute approximate surface area is 510 Å². The molecule has 85 heavy (non-hydrogen) atoms. The molecule has 0 aromatic heterocycles. The van der Waals surface area contributed by atoms with Gasteiger partial charge in [-0.2, -0.15) is 0 Å². The molecule has 0 radical (unpaired) electrons. The van der Waals surface area contributed by atoms with Gasteiger partial charge in [0, 0.05) is 19.9 Å². The average Bonchev–Trinajstić information content (AvgIpc) is 3.33. The third kappa shape index (κ3) is 83.0. The number of amides is 1. The summed E-state index contributed by atoms with van der Waals surface area (Å²) in [6.07, 6.45) is 2.47. The molecule has 0 aromatic carbocycles. The highest BCUT2D eigenvalue weighted by Crippen LogP contribution is 2.17. The number of carbonyl (C=O) groups is 8. The van der Waals surface area contributed by atoms with Crippen LogP contribution in [0, 0.1) is 38.4 Å². The summed E-state index contributed by atoms with van der Waals surface area (Å²) in [6.45, 7) is 46.9. The molecule has 0 bridgehead atoms. The second kappa shape index (κ2) is 47.8. The highest BCUT2D eigenvalue weighted by Gasteiger charge is 2.23. The van der Waals surface area contributed by atoms with Crippen LogP contribution >= 0.6 is 0 Å². The Balaban J connectivity index is -0.000000170. The summed E-state index contributed by atoms with van der Waals surface area (Å²) in [4.78, 5) is 90.2. The fourth-order valence-electron chi connectivity index (χ4n) is 4.27. The predicted octanol–water partition coefficient (Wildman–Crippen LogP) is 4.30. The van der Waals surface area contributed by atoms with E-state index in [-0.39, 0.29) is 94.3 Å². The maximum absolute atomic E-state index is 11.5. The third-order valence-electron chi connectivity index (χ3n) is 8.77. The molecule has 26 heteroatoms. The molecule has 26 nitrogen and oxygen atoms in total. The maximum atomic E-state index is 11.5. The smallest absolute Gasteiger partial charge is 0.325 e. The summed E-state index contributed by atoms with van der Waals surface area (Å²) < 4.78 is 29.9. The fraction of sp³-hybridized carbons (Fsp3) is 0.847. The van der Waals surface area contributed by atoms with Crippen LogP contribution in [0.15, 0.2) is 4.99 Å². The molecule has 20 N–H and O–H groups in total. The van der Waals surface area contributed by atoms with E-state index in [1.807, 2.05) is 145 Å². The van der Waals surface area contributed by atoms with E-state index in [1.165, 1.54) is 6.92 Å². The molecular formula is C59H124N10O16. The number of rotatable bonds is 23. The van der Waals surface area contributed by atoms with Crippen molar-refractivity contribution in [3.63, 3.8) is 0 Å². The second-order valence-electron chi connectivity index (χ2n) is 28.0. The van der Waals surface area contributed by atoms with E-state index in [4.69, 9.17) is 84.5 Å². The Bertz CT molecular complexity index is 1830. The number of nitrogens with zero attached hydrogens (tertiary/aromatic N) is 1. The molecule has 0 heterocycles. The predicted molar refractivity (Wildman–Crippen MR) is 334 cm³/mol. The summed E-state index contributed by atoms with van der Waals surface area (Å²) in [5.41, 5.74) is 47.4. The van der Waals surface area contributed by atoms with E-state index >= 15 is 0 Å². The lowest BCUT2D eigenvalue weighted by molar-refractivity contribution is -0.149. The number of carbonyl (C=O) groups excluding carboxylic acids is 7. The van der Waals surface area contributed by atoms with Gasteiger partial charge >= 0.3 is 41.8 Å². The molecule has 0 fully saturated rings. The van der Waals surface area contributed by atoms with Crippen molar-refractivity contribution in [3.05, 3.63) is 0 Å². The Hall–Kier alpha value is -5.25. The average molecular weight is 1230 g/mol. The molecule has 0 aliphatic heterocycles. The minimum Gasteiger partial charge on any atom is -0.481 e. The molecule has 506 valence electrons. The lowest BCUT2D eigenvalue weighted by Crippen LogP contribution is -2.37. The van der Waals surface area contributed by atoms with E-state index in [1.54, 1.807) is 6.92 Å². The molecule has 0 saturated carbocycles. The molecule has 0 aliphatic rings. The van der Waals surface area contributed by atoms with Crippen LogP contribution < -0.4 is 51.6 Å². The fourth-order valence-corrected chi connectivity index (χ4v) is 4.27. The van der Waals surface area contributed by atoms with Crippen LogP contribution in [0.4, 0.5) is 0 Å². The van der Waals surface area contributed by atoms with Gasteiger partial charge in [0.15, 0.2) is 5.96 Å². The van der Waals surface area contributed by atoms with Crippen LogP contribution in [0.5, 0.6) is 0 Å². The maximum Gasteiger partial charge on any atom is 0.325 e. The molecule has 0 spiro atoms. The number of aliphatic hydroxyl groups is 1. The standard InChI is InChI=1S/C11H24N4O2.C11H23NO2.C10H19NO4.C9H19NO2.C8H17NO3.C8H17NO2.C2H5NO/c1-11(2,3)7-17-9(16)8(12)5-4-6-15-10(13)14;1-8(2)6-9(12)10(13)14-7-11(3,4)5;1-10(2,3)6-15-9(14)7(11)4-5-8(12)13;1-5-7(10)8(11)12-6-9(2,3)4;1-8(2,3)5-12-7(11)6(9)4-10;1-6(9)7(10)11-5-8(2,3)4;1-2(3)4/h8H,4-7,12H2,1-3H3,(H4,13,14,15);8-9H,6-7,12H2,1-5H3;7H,4-6,11H2,1-3H3,(H,12,13);7H,5-6,10H2,1-4H3;6,10H,4-5,9H2,1-3H3;6H,5,9H2,1-4H3;1H3,(H2,3,4). The number of aliphatic carboxylic acids is 1. The number of carboxylic acid groups (broad SMARTS) is 1. The molecule has 6 atom stereocenters. The van der Waals surface area contributed by atoms with Crippen molar-refractivity contribution < 1.29 is 77.0 Å². The first kappa shape index (κ1) is 93.4. The zero-order chi connectivity index (χ0) is 69.1. The van der Waals surface area contributed by atoms with Crippen molar-refractivity contribution in [2.24, 2.45) is 95.0 Å². The SMILES string of the molecule is CC(C)(C)COC(=O)C(N)CCC(=O)O.CC(C)(C)COC(=O)C(N)CCCN=C(N)N.CC(C)(C)COC(=O)C(N)CO.CC(C)CC(N)C(=O)OCC(C)(C)C.CC(N)=O.CC(N)C(=O)OCC(C)(C)C.CCC(N)C(=O)OCC(C)(C)C. The highest BCUT2D eigenvalue weighted by atomic mass is 16.6. The number of esters is 6. The second-order valence-corrected chi connectivity index (χ2v) is 28.0. The lowest BCUT2D eigenvalue weighted by Gasteiger charge is -2.20. The number of primary amides is 1. The van der Waals surface area contributed by atoms with Gasteiger partial charge in [0.25, 0.3) is 0 Å². The van der Waals surface area contributed by atoms with Gasteiger partial charge in [-0.3, -0.25) is 43.3 Å². The molecule has 0 saturated heterocycles. The largest absolute Gasteiger partial charge is 0.481 e. The zero-order valence-electron chi connectivity index (χ0n) is 56.7. The van der Waals surface area contributed by atoms with Gasteiger partial charge in [0.1, 0.15) is 36.3 Å². The lowest BCUT2D eigenvalue weighted by atomic mass is 9.98. The van der Waals surface area contributed by atoms with Gasteiger partial charge in [-0.25, -0.2) is 0 Å². The van der Waals surface area contributed by atoms with Crippen molar-refractivity contribution in [2.45, 2.75) is 234 Å². The van der Waals surface area contributed by atoms with Crippen LogP contribution in [0.3, 0.4) is 0 Å². The first-order valence-electron chi connectivity index (χ1n) is 28.6. The van der Waals surface area contributed by atoms with E-state index in [9.17, 15) is 38.4 Å². The molecule has 0 rings (SSSR count). The Morgan fingerprint density at radius 3 is 0.929 bits per heavy atom. The normalized spacial score (nSPS) is 13.4. The van der Waals surface area contributed by atoms with Crippen LogP contribution in [-0.4, -0.2) is 153 Å². The number of guanidine groups is 1. The summed E-state index contributed by atoms with van der Waals surface area (Å²) in [7, 11) is 0. The van der Waals surface area contributed by atoms with Gasteiger partial charge < -0.3 is 90.2 Å². The van der Waals surface area contributed by atoms with Crippen molar-refractivity contribution in [2.75, 3.05) is 52.8 Å². The monoisotopic (exact) mass is 1230 g/mol. The van der Waals surface area contributed by atoms with Crippen LogP contribution in [0.25, 0.3) is 0 Å². The summed E-state index contributed by atoms with van der Waals surface area (Å²) in [5.74, 6) is -3.20. The minimum absolute atomic E-state index is 0.00715. The first-order valence-corrected chi connectivity index (χ1v) is 28.6. The Kier molecular flexibility index (Phi) is 52.6. The number of carboxylic acids is 1. The summed E-state index contributed by atoms with van der Waals surface area (Å²) in [5, 5.41) is 16.9. The Morgan fingerprint density at radius 2 is 0.694 bits per heavy atom. The topological polar surface area (TPSA) is 479 Å². The zero-order valence-corrected chi connectivity index (χ0v) is 56.7. The Morgan fingerprint density at radius 1 is 0.435 bits per heavy atom. The molecular weight excluding hydrogens is 1100 g/mol. The van der Waals surface area contributed by atoms with Crippen molar-refractivity contribution in [1.29, 1.82) is 0 Å². The third-order valence-corrected chi connectivity index (χ3v) is 8.77. The minimum atomic E-state index is -0.964. The van der Waals surface area contributed by atoms with Gasteiger partial charge in [-0.15, -0.1) is 0 Å². The van der Waals surface area contributed by atoms with Crippen molar-refractivity contribution in [1.82, 2.24) is 0 Å². The van der Waals surface area contributed by atoms with Gasteiger partial charge in [0.2, 0.25) is 5.91 Å². The number of hydrogen-bond donors (Lipinski definition) is 11. The first-order chi connectivity index (χ1) is 38.0. The number of ether oxygens (including phenoxy) is 6. The number of nitrogens with two attached hydrogens (primary N) is 9. The highest BCUT2D eigenvalue weighted by molar-refractivity contribution is 5.78. The molecule has 0 aliphatic carbocycles. The van der Waals surface area contributed by atoms with E-state index in [0.29, 0.717) is 71.2 Å². The summed E-state index contributed by atoms with van der Waals surface area (Å²) in [6, 6.07) is -3.82. The van der Waals surface area contributed by atoms with Gasteiger partial charge in [-0.1, -0.05) is 145 Å². The molecule has 0 aromatic rings. The van der Waals surface area contributed by atoms with E-state index < -0.39 is 54.2 Å². The number of aliphatic imine (C=N–C) groups is 1. The molecule has 1 amide bonds. The molecule has 6 unspecified atom stereocenters. The van der Waals surface area contributed by atoms with Crippen molar-refractivity contribution >= 4 is 53.7 Å². The van der Waals surface area contributed by atoms with Gasteiger partial charge in [0.05, 0.1) is 46.2 Å². The van der Waals surface area contributed by atoms with Crippen LogP contribution in [-0.2, 0) is 66.8 Å². The number of hydrogen-bond acceptors (Lipinski definition) is 22. The van der Waals surface area contributed by atoms with E-state index in [0.717, 1.165) is 0 Å². The quantitative estimate of drug-likeness (QED) is 0.0223. The number of aliphatic hydroxyl groups excluding tert-OH is 1. The van der Waals surface area contributed by atoms with Crippen molar-refractivity contribution in [3.8, 4) is 0 Å².